The molecule has 1 unspecified atom stereocenters. The van der Waals surface area contributed by atoms with E-state index in [-0.39, 0.29) is 16.8 Å². The minimum atomic E-state index is -1.50. The van der Waals surface area contributed by atoms with E-state index in [0.29, 0.717) is 5.69 Å². The number of hydrogen-bond donors (Lipinski definition) is 3. The molecule has 0 saturated carbocycles. The maximum atomic E-state index is 12.1. The third kappa shape index (κ3) is 2.71. The average Bonchev–Trinajstić information content (AvgIpc) is 2.47. The van der Waals surface area contributed by atoms with E-state index in [4.69, 9.17) is 5.11 Å². The molecule has 2 aromatic rings. The van der Waals surface area contributed by atoms with E-state index in [1.165, 1.54) is 11.8 Å². The van der Waals surface area contributed by atoms with Crippen molar-refractivity contribution in [1.82, 2.24) is 0 Å². The molecule has 7 nitrogen and oxygen atoms in total. The number of rotatable bonds is 5. The van der Waals surface area contributed by atoms with Crippen LogP contribution in [-0.2, 0) is 4.79 Å². The van der Waals surface area contributed by atoms with E-state index in [1.54, 1.807) is 31.3 Å². The van der Waals surface area contributed by atoms with Crippen molar-refractivity contribution >= 4 is 17.3 Å². The second kappa shape index (κ2) is 5.98. The van der Waals surface area contributed by atoms with Gasteiger partial charge in [-0.3, -0.25) is 9.79 Å². The Hall–Kier alpha value is -2.67. The Balaban J connectivity index is 2.41. The van der Waals surface area contributed by atoms with Gasteiger partial charge in [-0.15, -0.1) is 0 Å². The highest BCUT2D eigenvalue weighted by atomic mass is 16.4. The van der Waals surface area contributed by atoms with Crippen LogP contribution >= 0.6 is 0 Å². The smallest absolute Gasteiger partial charge is 0.331 e. The van der Waals surface area contributed by atoms with E-state index in [0.717, 1.165) is 0 Å². The van der Waals surface area contributed by atoms with Crippen LogP contribution in [0.15, 0.2) is 40.1 Å². The van der Waals surface area contributed by atoms with Crippen molar-refractivity contribution < 1.29 is 20.1 Å². The summed E-state index contributed by atoms with van der Waals surface area (Å²) in [4.78, 5) is 28.2. The van der Waals surface area contributed by atoms with Gasteiger partial charge >= 0.3 is 5.97 Å². The molecule has 0 aromatic heterocycles. The molecule has 0 saturated heterocycles. The van der Waals surface area contributed by atoms with Crippen molar-refractivity contribution in [2.45, 2.75) is 19.1 Å². The summed E-state index contributed by atoms with van der Waals surface area (Å²) in [6.07, 6.45) is -1.28. The number of aromatic hydroxyl groups is 1. The van der Waals surface area contributed by atoms with Crippen molar-refractivity contribution in [2.75, 3.05) is 11.9 Å². The van der Waals surface area contributed by atoms with Crippen LogP contribution in [0, 0.1) is 0 Å². The molecule has 2 aromatic carbocycles. The molecule has 3 N–H and O–H groups in total. The number of nitrogens with zero attached hydrogens (tertiary/aromatic N) is 2. The first-order valence-electron chi connectivity index (χ1n) is 6.60. The highest BCUT2D eigenvalue weighted by Gasteiger charge is 2.27. The lowest BCUT2D eigenvalue weighted by Crippen LogP contribution is -2.41. The first kappa shape index (κ1) is 15.7. The zero-order valence-electron chi connectivity index (χ0n) is 12.1. The molecule has 0 bridgehead atoms. The topological polar surface area (TPSA) is 110 Å². The van der Waals surface area contributed by atoms with Crippen molar-refractivity contribution in [1.29, 1.82) is 0 Å². The quantitative estimate of drug-likeness (QED) is 0.724. The van der Waals surface area contributed by atoms with E-state index >= 15 is 0 Å². The molecule has 116 valence electrons. The van der Waals surface area contributed by atoms with Gasteiger partial charge in [-0.2, -0.15) is 0 Å². The molecule has 0 aliphatic carbocycles. The zero-order valence-corrected chi connectivity index (χ0v) is 12.1. The fourth-order valence-electron chi connectivity index (χ4n) is 2.10. The summed E-state index contributed by atoms with van der Waals surface area (Å²) in [5, 5.41) is 28.0. The Labute approximate surface area is 126 Å². The Bertz CT molecular complexity index is 760. The lowest BCUT2D eigenvalue weighted by atomic mass is 10.1. The van der Waals surface area contributed by atoms with Crippen LogP contribution in [0.1, 0.15) is 6.92 Å². The zero-order chi connectivity index (χ0) is 16.4. The molecular weight excluding hydrogens is 288 g/mol. The van der Waals surface area contributed by atoms with Gasteiger partial charge in [-0.05, 0) is 19.1 Å². The molecule has 0 heterocycles. The number of benzene rings is 1. The molecule has 7 heteroatoms. The number of carbonyl (C=O) groups is 1. The number of aliphatic hydroxyl groups is 1. The minimum Gasteiger partial charge on any atom is -0.504 e. The Morgan fingerprint density at radius 1 is 1.27 bits per heavy atom. The first-order chi connectivity index (χ1) is 10.3. The van der Waals surface area contributed by atoms with Crippen LogP contribution in [0.25, 0.3) is 0 Å². The summed E-state index contributed by atoms with van der Waals surface area (Å²) >= 11 is 0. The Kier molecular flexibility index (Phi) is 4.27. The van der Waals surface area contributed by atoms with Crippen LogP contribution in [0.3, 0.4) is 0 Å². The number of para-hydroxylation sites is 1. The van der Waals surface area contributed by atoms with E-state index < -0.39 is 23.5 Å². The van der Waals surface area contributed by atoms with Gasteiger partial charge in [-0.1, -0.05) is 18.2 Å². The normalized spacial score (nSPS) is 14.8. The Morgan fingerprint density at radius 2 is 1.86 bits per heavy atom. The number of carboxylic acid groups (broad SMARTS) is 1. The standard InChI is InChI=1S/C15H16N2O5/c1-8(18)10(15(21)22)16-11-13(19)12(14(11)20)17(2)9-6-4-3-5-7-9/h3-8,10,18-19H,1-2H3,(H,21,22)/t8?,10-/m1/s1. The van der Waals surface area contributed by atoms with E-state index in [2.05, 4.69) is 4.99 Å². The van der Waals surface area contributed by atoms with Gasteiger partial charge in [-0.25, -0.2) is 4.79 Å². The van der Waals surface area contributed by atoms with Crippen LogP contribution in [0.5, 0.6) is 5.75 Å². The second-order valence-electron chi connectivity index (χ2n) is 4.92. The number of aliphatic hydroxyl groups excluding tert-OH is 1. The van der Waals surface area contributed by atoms with Gasteiger partial charge in [0.1, 0.15) is 5.69 Å². The van der Waals surface area contributed by atoms with Gasteiger partial charge < -0.3 is 20.2 Å². The van der Waals surface area contributed by atoms with Crippen molar-refractivity contribution in [3.05, 3.63) is 45.9 Å². The number of aliphatic carboxylic acids is 1. The van der Waals surface area contributed by atoms with Gasteiger partial charge in [0.15, 0.2) is 17.1 Å². The summed E-state index contributed by atoms with van der Waals surface area (Å²) in [6, 6.07) is 7.42. The van der Waals surface area contributed by atoms with Gasteiger partial charge in [0, 0.05) is 12.7 Å². The SMILES string of the molecule is CC(O)[C@@H](N=c1c(O)c(N(C)c2ccccc2)c1=O)C(=O)O. The van der Waals surface area contributed by atoms with Gasteiger partial charge in [0.25, 0.3) is 0 Å². The second-order valence-corrected chi connectivity index (χ2v) is 4.92. The molecule has 0 aliphatic heterocycles. The predicted molar refractivity (Wildman–Crippen MR) is 79.9 cm³/mol. The maximum absolute atomic E-state index is 12.1. The van der Waals surface area contributed by atoms with E-state index in [1.807, 2.05) is 6.07 Å². The van der Waals surface area contributed by atoms with Crippen LogP contribution in [0.2, 0.25) is 0 Å². The summed E-state index contributed by atoms with van der Waals surface area (Å²) < 4.78 is 0. The van der Waals surface area contributed by atoms with Crippen molar-refractivity contribution in [3.63, 3.8) is 0 Å². The number of hydrogen-bond acceptors (Lipinski definition) is 6. The molecule has 0 amide bonds. The highest BCUT2D eigenvalue weighted by Crippen LogP contribution is 2.27. The number of anilines is 2. The lowest BCUT2D eigenvalue weighted by Gasteiger charge is -2.22. The minimum absolute atomic E-state index is 0.0414. The predicted octanol–water partition coefficient (Wildman–Crippen LogP) is 0.131. The lowest BCUT2D eigenvalue weighted by molar-refractivity contribution is -0.140. The maximum Gasteiger partial charge on any atom is 0.331 e. The highest BCUT2D eigenvalue weighted by molar-refractivity contribution is 5.75. The monoisotopic (exact) mass is 304 g/mol. The summed E-state index contributed by atoms with van der Waals surface area (Å²) in [6.45, 7) is 1.25. The molecular formula is C15H16N2O5. The Morgan fingerprint density at radius 3 is 2.32 bits per heavy atom. The van der Waals surface area contributed by atoms with Crippen LogP contribution in [-0.4, -0.2) is 40.5 Å². The average molecular weight is 304 g/mol. The molecule has 22 heavy (non-hydrogen) atoms. The van der Waals surface area contributed by atoms with Gasteiger partial charge in [0.2, 0.25) is 5.43 Å². The first-order valence-corrected chi connectivity index (χ1v) is 6.60. The summed E-state index contributed by atoms with van der Waals surface area (Å²) in [5.74, 6) is -1.74. The number of carboxylic acids is 1. The molecule has 0 aliphatic rings. The summed E-state index contributed by atoms with van der Waals surface area (Å²) in [5.41, 5.74) is 0.178. The van der Waals surface area contributed by atoms with Crippen LogP contribution in [0.4, 0.5) is 11.4 Å². The molecule has 2 atom stereocenters. The third-order valence-electron chi connectivity index (χ3n) is 3.34. The van der Waals surface area contributed by atoms with Crippen LogP contribution < -0.4 is 15.7 Å². The largest absolute Gasteiger partial charge is 0.504 e. The third-order valence-corrected chi connectivity index (χ3v) is 3.34. The molecule has 0 radical (unpaired) electrons. The van der Waals surface area contributed by atoms with Crippen molar-refractivity contribution in [2.24, 2.45) is 4.99 Å². The van der Waals surface area contributed by atoms with Gasteiger partial charge in [0.05, 0.1) is 6.10 Å². The molecule has 2 rings (SSSR count). The summed E-state index contributed by atoms with van der Waals surface area (Å²) in [7, 11) is 1.61. The fourth-order valence-corrected chi connectivity index (χ4v) is 2.10. The molecule has 0 fully saturated rings. The van der Waals surface area contributed by atoms with E-state index in [9.17, 15) is 19.8 Å². The molecule has 0 spiro atoms. The fraction of sp³-hybridized carbons (Fsp3) is 0.267. The van der Waals surface area contributed by atoms with Crippen molar-refractivity contribution in [3.8, 4) is 5.75 Å².